The molecule has 1 heterocycles. The van der Waals surface area contributed by atoms with Crippen LogP contribution >= 0.6 is 0 Å². The minimum absolute atomic E-state index is 0.207. The number of hydrogen-bond acceptors (Lipinski definition) is 5. The van der Waals surface area contributed by atoms with Gasteiger partial charge >= 0.3 is 5.97 Å². The molecule has 25 heavy (non-hydrogen) atoms. The molecule has 0 spiro atoms. The van der Waals surface area contributed by atoms with Crippen LogP contribution in [0.1, 0.15) is 45.2 Å². The summed E-state index contributed by atoms with van der Waals surface area (Å²) in [7, 11) is 0. The summed E-state index contributed by atoms with van der Waals surface area (Å²) in [6.45, 7) is 5.25. The second-order valence-corrected chi connectivity index (χ2v) is 8.87. The minimum atomic E-state index is -1.64. The molecule has 0 saturated heterocycles. The predicted molar refractivity (Wildman–Crippen MR) is 95.8 cm³/mol. The van der Waals surface area contributed by atoms with Crippen LogP contribution in [0.25, 0.3) is 11.3 Å². The van der Waals surface area contributed by atoms with Gasteiger partial charge in [0.2, 0.25) is 5.71 Å². The van der Waals surface area contributed by atoms with E-state index in [9.17, 15) is 14.5 Å². The van der Waals surface area contributed by atoms with Crippen LogP contribution in [-0.4, -0.2) is 41.1 Å². The normalized spacial score (nSPS) is 16.7. The Hall–Kier alpha value is -2.19. The van der Waals surface area contributed by atoms with E-state index in [1.807, 2.05) is 0 Å². The number of benzene rings is 1. The highest BCUT2D eigenvalue weighted by Gasteiger charge is 2.29. The molecule has 1 aliphatic rings. The molecule has 0 aliphatic heterocycles. The van der Waals surface area contributed by atoms with Gasteiger partial charge in [0.1, 0.15) is 21.8 Å². The van der Waals surface area contributed by atoms with E-state index in [1.165, 1.54) is 0 Å². The number of carboxylic acid groups (broad SMARTS) is 1. The maximum atomic E-state index is 12.2. The summed E-state index contributed by atoms with van der Waals surface area (Å²) < 4.78 is 15.4. The summed E-state index contributed by atoms with van der Waals surface area (Å²) in [4.78, 5) is 13.2. The Bertz CT molecular complexity index is 804. The molecule has 1 unspecified atom stereocenters. The third-order valence-corrected chi connectivity index (χ3v) is 5.13. The third-order valence-electron chi connectivity index (χ3n) is 3.74. The maximum Gasteiger partial charge on any atom is 0.359 e. The standard InChI is InChI=1S/C17H20N4O3S/c1-17(2,3)25(24)20-15(16(22)23)12-6-4-11(5-7-12)14-10-18-21(19-14)13-8-9-13/h4-7,10,13H,8-9H2,1-3H3,(H,22,23)/b20-15-. The van der Waals surface area contributed by atoms with E-state index >= 15 is 0 Å². The van der Waals surface area contributed by atoms with Crippen molar-refractivity contribution in [1.82, 2.24) is 15.0 Å². The van der Waals surface area contributed by atoms with Crippen molar-refractivity contribution in [2.75, 3.05) is 0 Å². The first kappa shape index (κ1) is 17.6. The topological polar surface area (TPSA) is 103 Å². The first-order chi connectivity index (χ1) is 11.8. The first-order valence-electron chi connectivity index (χ1n) is 8.02. The van der Waals surface area contributed by atoms with E-state index in [1.54, 1.807) is 56.0 Å². The fourth-order valence-electron chi connectivity index (χ4n) is 2.12. The molecule has 0 bridgehead atoms. The zero-order valence-electron chi connectivity index (χ0n) is 14.3. The SMILES string of the molecule is CC(C)(C)[S+]([O-])/N=C(\C(=O)O)c1ccc(-c2cnn(C3CC3)n2)cc1. The van der Waals surface area contributed by atoms with E-state index in [4.69, 9.17) is 0 Å². The third kappa shape index (κ3) is 4.08. The highest BCUT2D eigenvalue weighted by Crippen LogP contribution is 2.33. The molecule has 132 valence electrons. The van der Waals surface area contributed by atoms with Gasteiger partial charge in [0.15, 0.2) is 0 Å². The van der Waals surface area contributed by atoms with Crippen molar-refractivity contribution in [2.24, 2.45) is 4.40 Å². The molecule has 1 saturated carbocycles. The fraction of sp³-hybridized carbons (Fsp3) is 0.412. The molecule has 1 atom stereocenters. The smallest absolute Gasteiger partial charge is 0.359 e. The van der Waals surface area contributed by atoms with Gasteiger partial charge in [-0.05, 0) is 33.6 Å². The maximum absolute atomic E-state index is 12.2. The lowest BCUT2D eigenvalue weighted by atomic mass is 10.1. The monoisotopic (exact) mass is 360 g/mol. The average Bonchev–Trinajstić information content (AvgIpc) is 3.29. The van der Waals surface area contributed by atoms with Gasteiger partial charge in [0, 0.05) is 11.1 Å². The van der Waals surface area contributed by atoms with Crippen LogP contribution in [0.3, 0.4) is 0 Å². The largest absolute Gasteiger partial charge is 0.591 e. The molecule has 1 aliphatic carbocycles. The molecule has 0 amide bonds. The molecule has 1 fully saturated rings. The van der Waals surface area contributed by atoms with Crippen LogP contribution in [0.15, 0.2) is 34.9 Å². The number of nitrogens with zero attached hydrogens (tertiary/aromatic N) is 4. The van der Waals surface area contributed by atoms with Crippen molar-refractivity contribution < 1.29 is 14.5 Å². The van der Waals surface area contributed by atoms with Crippen molar-refractivity contribution >= 4 is 23.0 Å². The number of carboxylic acids is 1. The minimum Gasteiger partial charge on any atom is -0.591 e. The van der Waals surface area contributed by atoms with E-state index in [0.717, 1.165) is 24.1 Å². The summed E-state index contributed by atoms with van der Waals surface area (Å²) in [6.07, 6.45) is 3.92. The molecule has 3 rings (SSSR count). The van der Waals surface area contributed by atoms with Gasteiger partial charge in [0.05, 0.1) is 12.2 Å². The number of rotatable bonds is 5. The Kier molecular flexibility index (Phi) is 4.66. The molecular weight excluding hydrogens is 340 g/mol. The van der Waals surface area contributed by atoms with Crippen LogP contribution in [0.2, 0.25) is 0 Å². The number of aromatic nitrogens is 3. The number of aliphatic carboxylic acids is 1. The summed E-state index contributed by atoms with van der Waals surface area (Å²) >= 11 is -1.64. The molecule has 1 aromatic heterocycles. The fourth-order valence-corrected chi connectivity index (χ4v) is 2.75. The van der Waals surface area contributed by atoms with E-state index < -0.39 is 22.1 Å². The van der Waals surface area contributed by atoms with Crippen molar-refractivity contribution in [3.8, 4) is 11.3 Å². The molecule has 1 N–H and O–H groups in total. The molecule has 7 nitrogen and oxygen atoms in total. The molecule has 2 aromatic rings. The van der Waals surface area contributed by atoms with E-state index in [-0.39, 0.29) is 5.71 Å². The van der Waals surface area contributed by atoms with Crippen LogP contribution < -0.4 is 0 Å². The first-order valence-corrected chi connectivity index (χ1v) is 9.13. The van der Waals surface area contributed by atoms with Gasteiger partial charge in [-0.15, -0.1) is 0 Å². The zero-order chi connectivity index (χ0) is 18.2. The van der Waals surface area contributed by atoms with Gasteiger partial charge in [-0.3, -0.25) is 0 Å². The van der Waals surface area contributed by atoms with Gasteiger partial charge in [-0.1, -0.05) is 28.7 Å². The lowest BCUT2D eigenvalue weighted by Crippen LogP contribution is -2.28. The molecular formula is C17H20N4O3S. The average molecular weight is 360 g/mol. The number of hydrogen-bond donors (Lipinski definition) is 1. The molecule has 8 heteroatoms. The van der Waals surface area contributed by atoms with E-state index in [2.05, 4.69) is 14.6 Å². The van der Waals surface area contributed by atoms with Crippen LogP contribution in [0, 0.1) is 0 Å². The molecule has 1 aromatic carbocycles. The van der Waals surface area contributed by atoms with Crippen LogP contribution in [0.5, 0.6) is 0 Å². The second-order valence-electron chi connectivity index (χ2n) is 6.97. The van der Waals surface area contributed by atoms with Gasteiger partial charge in [-0.25, -0.2) is 4.79 Å². The highest BCUT2D eigenvalue weighted by molar-refractivity contribution is 7.91. The Balaban J connectivity index is 1.85. The Labute approximate surface area is 149 Å². The van der Waals surface area contributed by atoms with Crippen molar-refractivity contribution in [3.05, 3.63) is 36.0 Å². The Morgan fingerprint density at radius 2 is 1.96 bits per heavy atom. The summed E-state index contributed by atoms with van der Waals surface area (Å²) in [6, 6.07) is 7.26. The van der Waals surface area contributed by atoms with Gasteiger partial charge < -0.3 is 9.66 Å². The quantitative estimate of drug-likeness (QED) is 0.652. The van der Waals surface area contributed by atoms with Crippen LogP contribution in [-0.2, 0) is 16.2 Å². The summed E-state index contributed by atoms with van der Waals surface area (Å²) in [5, 5.41) is 18.1. The van der Waals surface area contributed by atoms with Gasteiger partial charge in [0.25, 0.3) is 0 Å². The predicted octanol–water partition coefficient (Wildman–Crippen LogP) is 2.62. The van der Waals surface area contributed by atoms with Crippen molar-refractivity contribution in [1.29, 1.82) is 0 Å². The summed E-state index contributed by atoms with van der Waals surface area (Å²) in [5.74, 6) is -1.20. The lowest BCUT2D eigenvalue weighted by Gasteiger charge is -2.18. The van der Waals surface area contributed by atoms with Gasteiger partial charge in [-0.2, -0.15) is 15.0 Å². The Morgan fingerprint density at radius 1 is 1.32 bits per heavy atom. The van der Waals surface area contributed by atoms with Crippen molar-refractivity contribution in [3.63, 3.8) is 0 Å². The summed E-state index contributed by atoms with van der Waals surface area (Å²) in [5.41, 5.74) is 1.78. The second kappa shape index (κ2) is 6.61. The van der Waals surface area contributed by atoms with Crippen molar-refractivity contribution in [2.45, 2.75) is 44.4 Å². The number of carbonyl (C=O) groups is 1. The van der Waals surface area contributed by atoms with Crippen LogP contribution in [0.4, 0.5) is 0 Å². The molecule has 0 radical (unpaired) electrons. The van der Waals surface area contributed by atoms with E-state index in [0.29, 0.717) is 11.6 Å². The zero-order valence-corrected chi connectivity index (χ0v) is 15.2. The highest BCUT2D eigenvalue weighted by atomic mass is 32.2. The lowest BCUT2D eigenvalue weighted by molar-refractivity contribution is -0.129. The Morgan fingerprint density at radius 3 is 2.48 bits per heavy atom.